The molecule has 0 bridgehead atoms. The van der Waals surface area contributed by atoms with Crippen LogP contribution in [0.4, 0.5) is 4.39 Å². The van der Waals surface area contributed by atoms with Gasteiger partial charge in [-0.3, -0.25) is 4.79 Å². The van der Waals surface area contributed by atoms with Crippen LogP contribution in [0.2, 0.25) is 0 Å². The van der Waals surface area contributed by atoms with Crippen molar-refractivity contribution in [2.45, 2.75) is 38.7 Å². The molecule has 5 nitrogen and oxygen atoms in total. The Hall–Kier alpha value is -2.21. The molecule has 2 aromatic rings. The number of rotatable bonds is 5. The Bertz CT molecular complexity index is 704. The summed E-state index contributed by atoms with van der Waals surface area (Å²) in [4.78, 5) is 12.5. The van der Waals surface area contributed by atoms with Gasteiger partial charge >= 0.3 is 0 Å². The molecule has 1 saturated heterocycles. The molecular formula is C18H22FN3O2. The molecule has 1 atom stereocenters. The number of aromatic nitrogens is 2. The van der Waals surface area contributed by atoms with Gasteiger partial charge in [0.1, 0.15) is 5.82 Å². The summed E-state index contributed by atoms with van der Waals surface area (Å²) in [6.07, 6.45) is 3.69. The van der Waals surface area contributed by atoms with Crippen LogP contribution in [0.25, 0.3) is 5.69 Å². The first-order valence-electron chi connectivity index (χ1n) is 8.30. The molecule has 0 spiro atoms. The summed E-state index contributed by atoms with van der Waals surface area (Å²) >= 11 is 0. The average molecular weight is 331 g/mol. The molecule has 1 unspecified atom stereocenters. The predicted molar refractivity (Wildman–Crippen MR) is 88.9 cm³/mol. The number of ether oxygens (including phenoxy) is 1. The Kier molecular flexibility index (Phi) is 4.94. The third kappa shape index (κ3) is 3.48. The Morgan fingerprint density at radius 1 is 1.42 bits per heavy atom. The Balaban J connectivity index is 1.82. The van der Waals surface area contributed by atoms with Crippen LogP contribution in [0.1, 0.15) is 48.7 Å². The second-order valence-electron chi connectivity index (χ2n) is 6.33. The van der Waals surface area contributed by atoms with Crippen molar-refractivity contribution < 1.29 is 13.9 Å². The fourth-order valence-electron chi connectivity index (χ4n) is 2.98. The summed E-state index contributed by atoms with van der Waals surface area (Å²) in [5, 5.41) is 7.27. The molecule has 1 aliphatic heterocycles. The van der Waals surface area contributed by atoms with Crippen molar-refractivity contribution in [2.75, 3.05) is 13.2 Å². The number of hydrogen-bond donors (Lipinski definition) is 1. The van der Waals surface area contributed by atoms with E-state index in [0.717, 1.165) is 30.8 Å². The fourth-order valence-corrected chi connectivity index (χ4v) is 2.98. The van der Waals surface area contributed by atoms with Crippen LogP contribution in [0.5, 0.6) is 0 Å². The summed E-state index contributed by atoms with van der Waals surface area (Å²) < 4.78 is 20.4. The molecule has 3 rings (SSSR count). The third-order valence-corrected chi connectivity index (χ3v) is 4.18. The first-order valence-corrected chi connectivity index (χ1v) is 8.30. The highest BCUT2D eigenvalue weighted by Gasteiger charge is 2.22. The van der Waals surface area contributed by atoms with Crippen LogP contribution in [0.3, 0.4) is 0 Å². The van der Waals surface area contributed by atoms with Crippen LogP contribution in [0.15, 0.2) is 30.5 Å². The van der Waals surface area contributed by atoms with E-state index in [-0.39, 0.29) is 23.7 Å². The number of halogens is 1. The molecule has 1 amide bonds. The van der Waals surface area contributed by atoms with Gasteiger partial charge in [0, 0.05) is 13.2 Å². The lowest BCUT2D eigenvalue weighted by atomic mass is 10.0. The van der Waals surface area contributed by atoms with Gasteiger partial charge in [0.25, 0.3) is 5.91 Å². The minimum atomic E-state index is -0.300. The summed E-state index contributed by atoms with van der Waals surface area (Å²) in [5.41, 5.74) is 2.09. The molecule has 0 radical (unpaired) electrons. The van der Waals surface area contributed by atoms with Crippen molar-refractivity contribution in [2.24, 2.45) is 0 Å². The molecule has 24 heavy (non-hydrogen) atoms. The molecule has 2 heterocycles. The van der Waals surface area contributed by atoms with Crippen LogP contribution >= 0.6 is 0 Å². The zero-order valence-electron chi connectivity index (χ0n) is 14.0. The van der Waals surface area contributed by atoms with Crippen molar-refractivity contribution in [3.05, 3.63) is 47.5 Å². The van der Waals surface area contributed by atoms with Crippen LogP contribution in [-0.2, 0) is 4.74 Å². The van der Waals surface area contributed by atoms with Gasteiger partial charge in [0.2, 0.25) is 0 Å². The molecule has 1 aliphatic rings. The van der Waals surface area contributed by atoms with Gasteiger partial charge in [0.05, 0.1) is 29.2 Å². The Morgan fingerprint density at radius 2 is 2.17 bits per heavy atom. The number of carbonyl (C=O) groups excluding carboxylic acids is 1. The second-order valence-corrected chi connectivity index (χ2v) is 6.33. The van der Waals surface area contributed by atoms with Crippen molar-refractivity contribution in [3.8, 4) is 5.69 Å². The zero-order chi connectivity index (χ0) is 17.1. The fraction of sp³-hybridized carbons (Fsp3) is 0.444. The standard InChI is InChI=1S/C18H22FN3O2/c1-12(2)17-16(18(23)20-10-15-4-3-9-24-15)11-21-22(17)14-7-5-13(19)6-8-14/h5-8,11-12,15H,3-4,9-10H2,1-2H3,(H,20,23). The Morgan fingerprint density at radius 3 is 2.79 bits per heavy atom. The van der Waals surface area contributed by atoms with E-state index in [0.29, 0.717) is 12.1 Å². The minimum Gasteiger partial charge on any atom is -0.376 e. The minimum absolute atomic E-state index is 0.0982. The van der Waals surface area contributed by atoms with Crippen molar-refractivity contribution in [1.82, 2.24) is 15.1 Å². The third-order valence-electron chi connectivity index (χ3n) is 4.18. The van der Waals surface area contributed by atoms with Crippen molar-refractivity contribution in [1.29, 1.82) is 0 Å². The molecule has 0 aliphatic carbocycles. The molecule has 128 valence electrons. The first kappa shape index (κ1) is 16.6. The monoisotopic (exact) mass is 331 g/mol. The molecule has 6 heteroatoms. The predicted octanol–water partition coefficient (Wildman–Crippen LogP) is 3.04. The van der Waals surface area contributed by atoms with Crippen LogP contribution in [-0.4, -0.2) is 34.9 Å². The van der Waals surface area contributed by atoms with Crippen molar-refractivity contribution >= 4 is 5.91 Å². The molecule has 1 N–H and O–H groups in total. The van der Waals surface area contributed by atoms with E-state index >= 15 is 0 Å². The topological polar surface area (TPSA) is 56.1 Å². The van der Waals surface area contributed by atoms with Gasteiger partial charge in [-0.25, -0.2) is 9.07 Å². The number of nitrogens with zero attached hydrogens (tertiary/aromatic N) is 2. The quantitative estimate of drug-likeness (QED) is 0.916. The summed E-state index contributed by atoms with van der Waals surface area (Å²) in [6, 6.07) is 6.08. The van der Waals surface area contributed by atoms with Crippen LogP contribution in [0, 0.1) is 5.82 Å². The van der Waals surface area contributed by atoms with Gasteiger partial charge in [0.15, 0.2) is 0 Å². The van der Waals surface area contributed by atoms with Gasteiger partial charge in [-0.15, -0.1) is 0 Å². The number of benzene rings is 1. The SMILES string of the molecule is CC(C)c1c(C(=O)NCC2CCCO2)cnn1-c1ccc(F)cc1. The Labute approximate surface area is 140 Å². The lowest BCUT2D eigenvalue weighted by Gasteiger charge is -2.14. The number of nitrogens with one attached hydrogen (secondary N) is 1. The lowest BCUT2D eigenvalue weighted by Crippen LogP contribution is -2.32. The smallest absolute Gasteiger partial charge is 0.254 e. The highest BCUT2D eigenvalue weighted by atomic mass is 19.1. The highest BCUT2D eigenvalue weighted by molar-refractivity contribution is 5.95. The summed E-state index contributed by atoms with van der Waals surface area (Å²) in [7, 11) is 0. The van der Waals surface area contributed by atoms with E-state index in [4.69, 9.17) is 4.74 Å². The average Bonchev–Trinajstić information content (AvgIpc) is 3.22. The first-order chi connectivity index (χ1) is 11.6. The van der Waals surface area contributed by atoms with Gasteiger partial charge in [-0.1, -0.05) is 13.8 Å². The van der Waals surface area contributed by atoms with E-state index < -0.39 is 0 Å². The number of amides is 1. The number of hydrogen-bond acceptors (Lipinski definition) is 3. The molecular weight excluding hydrogens is 309 g/mol. The largest absolute Gasteiger partial charge is 0.376 e. The lowest BCUT2D eigenvalue weighted by molar-refractivity contribution is 0.0856. The molecule has 1 fully saturated rings. The van der Waals surface area contributed by atoms with Gasteiger partial charge in [-0.05, 0) is 43.0 Å². The van der Waals surface area contributed by atoms with E-state index in [9.17, 15) is 9.18 Å². The molecule has 1 aromatic heterocycles. The molecule has 1 aromatic carbocycles. The number of carbonyl (C=O) groups is 1. The summed E-state index contributed by atoms with van der Waals surface area (Å²) in [5.74, 6) is -0.352. The van der Waals surface area contributed by atoms with E-state index in [1.54, 1.807) is 23.0 Å². The zero-order valence-corrected chi connectivity index (χ0v) is 14.0. The highest BCUT2D eigenvalue weighted by Crippen LogP contribution is 2.23. The maximum atomic E-state index is 13.1. The maximum Gasteiger partial charge on any atom is 0.254 e. The van der Waals surface area contributed by atoms with E-state index in [2.05, 4.69) is 10.4 Å². The second kappa shape index (κ2) is 7.13. The van der Waals surface area contributed by atoms with Crippen LogP contribution < -0.4 is 5.32 Å². The normalized spacial score (nSPS) is 17.4. The maximum absolute atomic E-state index is 13.1. The molecule has 0 saturated carbocycles. The van der Waals surface area contributed by atoms with Gasteiger partial charge in [-0.2, -0.15) is 5.10 Å². The van der Waals surface area contributed by atoms with Gasteiger partial charge < -0.3 is 10.1 Å². The van der Waals surface area contributed by atoms with Crippen molar-refractivity contribution in [3.63, 3.8) is 0 Å². The van der Waals surface area contributed by atoms with E-state index in [1.807, 2.05) is 13.8 Å². The summed E-state index contributed by atoms with van der Waals surface area (Å²) in [6.45, 7) is 5.29. The van der Waals surface area contributed by atoms with E-state index in [1.165, 1.54) is 12.1 Å².